The Labute approximate surface area is 146 Å². The van der Waals surface area contributed by atoms with E-state index in [4.69, 9.17) is 14.2 Å². The van der Waals surface area contributed by atoms with Gasteiger partial charge in [0, 0.05) is 6.54 Å². The minimum Gasteiger partial charge on any atom is -0.493 e. The largest absolute Gasteiger partial charge is 0.493 e. The number of amides is 1. The van der Waals surface area contributed by atoms with Gasteiger partial charge in [-0.05, 0) is 55.8 Å². The summed E-state index contributed by atoms with van der Waals surface area (Å²) in [6.07, 6.45) is 0. The second kappa shape index (κ2) is 7.88. The van der Waals surface area contributed by atoms with Gasteiger partial charge in [0.25, 0.3) is 5.91 Å². The third kappa shape index (κ3) is 4.86. The average Bonchev–Trinajstić information content (AvgIpc) is 2.61. The van der Waals surface area contributed by atoms with Crippen LogP contribution in [0.3, 0.4) is 0 Å². The summed E-state index contributed by atoms with van der Waals surface area (Å²) in [5, 5.41) is 2.83. The van der Waals surface area contributed by atoms with Gasteiger partial charge in [0.05, 0.1) is 14.2 Å². The van der Waals surface area contributed by atoms with Gasteiger partial charge in [-0.25, -0.2) is 4.39 Å². The Morgan fingerprint density at radius 2 is 1.68 bits per heavy atom. The zero-order valence-corrected chi connectivity index (χ0v) is 14.8. The summed E-state index contributed by atoms with van der Waals surface area (Å²) >= 11 is 0. The van der Waals surface area contributed by atoms with E-state index >= 15 is 0 Å². The van der Waals surface area contributed by atoms with Gasteiger partial charge >= 0.3 is 0 Å². The van der Waals surface area contributed by atoms with Crippen molar-refractivity contribution in [1.29, 1.82) is 0 Å². The molecule has 0 aliphatic rings. The first kappa shape index (κ1) is 18.6. The van der Waals surface area contributed by atoms with E-state index in [2.05, 4.69) is 5.32 Å². The minimum absolute atomic E-state index is 0.286. The topological polar surface area (TPSA) is 56.8 Å². The van der Waals surface area contributed by atoms with Crippen molar-refractivity contribution >= 4 is 5.91 Å². The van der Waals surface area contributed by atoms with Crippen LogP contribution in [0.15, 0.2) is 42.5 Å². The first-order valence-corrected chi connectivity index (χ1v) is 7.79. The molecule has 134 valence electrons. The fraction of sp³-hybridized carbons (Fsp3) is 0.316. The lowest BCUT2D eigenvalue weighted by molar-refractivity contribution is -0.134. The molecule has 2 aromatic carbocycles. The van der Waals surface area contributed by atoms with Gasteiger partial charge in [-0.1, -0.05) is 6.07 Å². The lowest BCUT2D eigenvalue weighted by Gasteiger charge is -2.25. The highest BCUT2D eigenvalue weighted by atomic mass is 19.1. The van der Waals surface area contributed by atoms with Crippen LogP contribution in [0.4, 0.5) is 4.39 Å². The maximum absolute atomic E-state index is 12.9. The SMILES string of the molecule is COc1ccc(CNC(=O)C(C)(C)Oc2ccc(F)cc2)cc1OC. The molecule has 0 atom stereocenters. The molecule has 0 aromatic heterocycles. The molecule has 25 heavy (non-hydrogen) atoms. The zero-order valence-electron chi connectivity index (χ0n) is 14.8. The number of halogens is 1. The van der Waals surface area contributed by atoms with Gasteiger partial charge in [-0.3, -0.25) is 4.79 Å². The minimum atomic E-state index is -1.10. The van der Waals surface area contributed by atoms with Crippen LogP contribution < -0.4 is 19.5 Å². The fourth-order valence-corrected chi connectivity index (χ4v) is 2.23. The standard InChI is InChI=1S/C19H22FNO4/c1-19(2,25-15-8-6-14(20)7-9-15)18(22)21-12-13-5-10-16(23-3)17(11-13)24-4/h5-11H,12H2,1-4H3,(H,21,22). The van der Waals surface area contributed by atoms with Crippen molar-refractivity contribution in [2.24, 2.45) is 0 Å². The predicted octanol–water partition coefficient (Wildman–Crippen LogP) is 3.32. The number of rotatable bonds is 7. The molecule has 0 aliphatic carbocycles. The van der Waals surface area contributed by atoms with Crippen LogP contribution in [0.2, 0.25) is 0 Å². The molecular formula is C19H22FNO4. The van der Waals surface area contributed by atoms with Gasteiger partial charge in [0.2, 0.25) is 0 Å². The Hall–Kier alpha value is -2.76. The van der Waals surface area contributed by atoms with Gasteiger partial charge in [-0.2, -0.15) is 0 Å². The van der Waals surface area contributed by atoms with Crippen molar-refractivity contribution in [3.05, 3.63) is 53.8 Å². The fourth-order valence-electron chi connectivity index (χ4n) is 2.23. The third-order valence-corrected chi connectivity index (χ3v) is 3.63. The molecule has 0 unspecified atom stereocenters. The monoisotopic (exact) mass is 347 g/mol. The molecule has 0 aliphatic heterocycles. The van der Waals surface area contributed by atoms with Gasteiger partial charge < -0.3 is 19.5 Å². The lowest BCUT2D eigenvalue weighted by atomic mass is 10.1. The number of carbonyl (C=O) groups is 1. The van der Waals surface area contributed by atoms with Crippen LogP contribution in [0, 0.1) is 5.82 Å². The van der Waals surface area contributed by atoms with Crippen molar-refractivity contribution in [2.75, 3.05) is 14.2 Å². The molecule has 1 amide bonds. The maximum atomic E-state index is 12.9. The number of nitrogens with one attached hydrogen (secondary N) is 1. The van der Waals surface area contributed by atoms with E-state index in [0.717, 1.165) is 5.56 Å². The van der Waals surface area contributed by atoms with E-state index in [-0.39, 0.29) is 11.7 Å². The van der Waals surface area contributed by atoms with Gasteiger partial charge in [-0.15, -0.1) is 0 Å². The Balaban J connectivity index is 1.99. The second-order valence-corrected chi connectivity index (χ2v) is 5.94. The molecule has 0 heterocycles. The third-order valence-electron chi connectivity index (χ3n) is 3.63. The highest BCUT2D eigenvalue weighted by Gasteiger charge is 2.29. The second-order valence-electron chi connectivity index (χ2n) is 5.94. The van der Waals surface area contributed by atoms with Gasteiger partial charge in [0.15, 0.2) is 17.1 Å². The van der Waals surface area contributed by atoms with Crippen molar-refractivity contribution in [2.45, 2.75) is 26.0 Å². The van der Waals surface area contributed by atoms with E-state index in [0.29, 0.717) is 23.8 Å². The molecule has 0 radical (unpaired) electrons. The van der Waals surface area contributed by atoms with Crippen molar-refractivity contribution in [1.82, 2.24) is 5.32 Å². The predicted molar refractivity (Wildman–Crippen MR) is 92.5 cm³/mol. The summed E-state index contributed by atoms with van der Waals surface area (Å²) in [5.41, 5.74) is -0.238. The number of carbonyl (C=O) groups excluding carboxylic acids is 1. The quantitative estimate of drug-likeness (QED) is 0.835. The summed E-state index contributed by atoms with van der Waals surface area (Å²) in [6.45, 7) is 3.62. The van der Waals surface area contributed by atoms with E-state index in [9.17, 15) is 9.18 Å². The van der Waals surface area contributed by atoms with E-state index < -0.39 is 5.60 Å². The summed E-state index contributed by atoms with van der Waals surface area (Å²) in [5.74, 6) is 0.996. The Morgan fingerprint density at radius 1 is 1.04 bits per heavy atom. The van der Waals surface area contributed by atoms with Crippen molar-refractivity contribution in [3.8, 4) is 17.2 Å². The summed E-state index contributed by atoms with van der Waals surface area (Å²) < 4.78 is 29.0. The van der Waals surface area contributed by atoms with Crippen molar-refractivity contribution < 1.29 is 23.4 Å². The van der Waals surface area contributed by atoms with E-state index in [1.807, 2.05) is 6.07 Å². The summed E-state index contributed by atoms with van der Waals surface area (Å²) in [4.78, 5) is 12.4. The zero-order chi connectivity index (χ0) is 18.4. The molecule has 1 N–H and O–H groups in total. The normalized spacial score (nSPS) is 10.9. The summed E-state index contributed by atoms with van der Waals surface area (Å²) in [6, 6.07) is 11.0. The van der Waals surface area contributed by atoms with Crippen LogP contribution in [0.1, 0.15) is 19.4 Å². The van der Waals surface area contributed by atoms with E-state index in [1.165, 1.54) is 24.3 Å². The summed E-state index contributed by atoms with van der Waals surface area (Å²) in [7, 11) is 3.12. The number of benzene rings is 2. The van der Waals surface area contributed by atoms with Crippen LogP contribution in [-0.4, -0.2) is 25.7 Å². The Bertz CT molecular complexity index is 729. The first-order chi connectivity index (χ1) is 11.9. The Morgan fingerprint density at radius 3 is 2.28 bits per heavy atom. The van der Waals surface area contributed by atoms with Crippen molar-refractivity contribution in [3.63, 3.8) is 0 Å². The first-order valence-electron chi connectivity index (χ1n) is 7.79. The molecule has 0 saturated carbocycles. The number of hydrogen-bond donors (Lipinski definition) is 1. The molecule has 2 rings (SSSR count). The molecule has 5 nitrogen and oxygen atoms in total. The Kier molecular flexibility index (Phi) is 5.85. The molecule has 0 bridgehead atoms. The number of methoxy groups -OCH3 is 2. The highest BCUT2D eigenvalue weighted by Crippen LogP contribution is 2.27. The van der Waals surface area contributed by atoms with Crippen LogP contribution >= 0.6 is 0 Å². The molecule has 6 heteroatoms. The smallest absolute Gasteiger partial charge is 0.263 e. The van der Waals surface area contributed by atoms with Crippen LogP contribution in [-0.2, 0) is 11.3 Å². The molecule has 0 fully saturated rings. The van der Waals surface area contributed by atoms with Gasteiger partial charge in [0.1, 0.15) is 11.6 Å². The van der Waals surface area contributed by atoms with Crippen LogP contribution in [0.25, 0.3) is 0 Å². The number of hydrogen-bond acceptors (Lipinski definition) is 4. The maximum Gasteiger partial charge on any atom is 0.263 e. The molecule has 0 saturated heterocycles. The van der Waals surface area contributed by atoms with E-state index in [1.54, 1.807) is 40.2 Å². The molecule has 0 spiro atoms. The highest BCUT2D eigenvalue weighted by molar-refractivity contribution is 5.84. The lowest BCUT2D eigenvalue weighted by Crippen LogP contribution is -2.46. The molecule has 2 aromatic rings. The molecular weight excluding hydrogens is 325 g/mol. The van der Waals surface area contributed by atoms with Crippen LogP contribution in [0.5, 0.6) is 17.2 Å². The number of ether oxygens (including phenoxy) is 3. The average molecular weight is 347 g/mol.